The van der Waals surface area contributed by atoms with Crippen LogP contribution in [0.4, 0.5) is 0 Å². The highest BCUT2D eigenvalue weighted by molar-refractivity contribution is 5.74. The number of benzene rings is 1. The predicted molar refractivity (Wildman–Crippen MR) is 107 cm³/mol. The van der Waals surface area contributed by atoms with Gasteiger partial charge in [0, 0.05) is 0 Å². The van der Waals surface area contributed by atoms with E-state index >= 15 is 0 Å². The number of nitrogens with zero attached hydrogens (tertiary/aromatic N) is 1. The zero-order valence-electron chi connectivity index (χ0n) is 17.5. The van der Waals surface area contributed by atoms with Crippen LogP contribution in [0.2, 0.25) is 0 Å². The molecule has 0 bridgehead atoms. The maximum absolute atomic E-state index is 11.9. The standard InChI is InChI=1S/C22H29NO7/c1-3-28-18-11-16-13(10-19(18)30-21(25)12-29-23(26)27)4-5-15-14(16)8-9-22(2)17(15)6-7-20(22)24/h10-11,14-15,17,20,24H,3-9,12H2,1-2H3/t14?,15-,17+,20?,22+/m1/s1. The Bertz CT molecular complexity index is 841. The average Bonchev–Trinajstić information content (AvgIpc) is 3.02. The van der Waals surface area contributed by atoms with E-state index in [2.05, 4.69) is 11.8 Å². The summed E-state index contributed by atoms with van der Waals surface area (Å²) in [4.78, 5) is 26.3. The van der Waals surface area contributed by atoms with Gasteiger partial charge >= 0.3 is 5.97 Å². The largest absolute Gasteiger partial charge is 0.490 e. The molecule has 2 saturated carbocycles. The van der Waals surface area contributed by atoms with Crippen LogP contribution in [0.3, 0.4) is 0 Å². The van der Waals surface area contributed by atoms with Crippen molar-refractivity contribution in [3.63, 3.8) is 0 Å². The Labute approximate surface area is 175 Å². The zero-order valence-corrected chi connectivity index (χ0v) is 17.5. The van der Waals surface area contributed by atoms with Gasteiger partial charge in [-0.3, -0.25) is 0 Å². The van der Waals surface area contributed by atoms with Crippen molar-refractivity contribution >= 4 is 5.97 Å². The third-order valence-electron chi connectivity index (χ3n) is 7.55. The van der Waals surface area contributed by atoms with Crippen molar-refractivity contribution in [3.8, 4) is 11.5 Å². The minimum absolute atomic E-state index is 0.0217. The minimum atomic E-state index is -1.02. The van der Waals surface area contributed by atoms with Crippen LogP contribution in [-0.4, -0.2) is 35.5 Å². The van der Waals surface area contributed by atoms with E-state index in [1.54, 1.807) is 0 Å². The predicted octanol–water partition coefficient (Wildman–Crippen LogP) is 3.42. The highest BCUT2D eigenvalue weighted by atomic mass is 17.0. The van der Waals surface area contributed by atoms with Crippen LogP contribution in [0.5, 0.6) is 11.5 Å². The topological polar surface area (TPSA) is 108 Å². The second kappa shape index (κ2) is 8.06. The molecule has 1 aromatic carbocycles. The van der Waals surface area contributed by atoms with Gasteiger partial charge in [-0.2, -0.15) is 0 Å². The van der Waals surface area contributed by atoms with Gasteiger partial charge in [0.2, 0.25) is 0 Å². The van der Waals surface area contributed by atoms with E-state index in [0.29, 0.717) is 30.1 Å². The van der Waals surface area contributed by atoms with Gasteiger partial charge in [-0.15, -0.1) is 10.1 Å². The molecule has 3 aliphatic carbocycles. The Balaban J connectivity index is 1.60. The van der Waals surface area contributed by atoms with Gasteiger partial charge in [-0.1, -0.05) is 6.92 Å². The fourth-order valence-electron chi connectivity index (χ4n) is 6.16. The van der Waals surface area contributed by atoms with Crippen LogP contribution < -0.4 is 9.47 Å². The molecule has 8 nitrogen and oxygen atoms in total. The molecule has 3 aliphatic rings. The molecule has 5 atom stereocenters. The Kier molecular flexibility index (Phi) is 5.61. The van der Waals surface area contributed by atoms with E-state index < -0.39 is 17.7 Å². The third-order valence-corrected chi connectivity index (χ3v) is 7.55. The van der Waals surface area contributed by atoms with Crippen LogP contribution in [-0.2, 0) is 16.1 Å². The quantitative estimate of drug-likeness (QED) is 0.326. The fraction of sp³-hybridized carbons (Fsp3) is 0.682. The first kappa shape index (κ1) is 20.9. The lowest BCUT2D eigenvalue weighted by molar-refractivity contribution is -0.754. The number of esters is 1. The van der Waals surface area contributed by atoms with Crippen LogP contribution >= 0.6 is 0 Å². The number of fused-ring (bicyclic) bond motifs is 5. The summed E-state index contributed by atoms with van der Waals surface area (Å²) in [5.41, 5.74) is 2.41. The van der Waals surface area contributed by atoms with E-state index in [4.69, 9.17) is 9.47 Å². The number of aliphatic hydroxyl groups is 1. The molecule has 4 rings (SSSR count). The number of hydrogen-bond donors (Lipinski definition) is 1. The molecule has 164 valence electrons. The third kappa shape index (κ3) is 3.62. The summed E-state index contributed by atoms with van der Waals surface area (Å²) in [6, 6.07) is 3.83. The van der Waals surface area contributed by atoms with Crippen LogP contribution in [0.1, 0.15) is 63.0 Å². The van der Waals surface area contributed by atoms with Crippen molar-refractivity contribution in [1.82, 2.24) is 0 Å². The number of carbonyl (C=O) groups excluding carboxylic acids is 1. The molecule has 2 unspecified atom stereocenters. The maximum Gasteiger partial charge on any atom is 0.337 e. The SMILES string of the molecule is CCOc1cc2c(cc1OC(=O)CO[N+](=O)[O-])CC[C@@H]1C2CC[C@]2(C)C(O)CC[C@@H]12. The molecule has 8 heteroatoms. The summed E-state index contributed by atoms with van der Waals surface area (Å²) in [6.07, 6.45) is 5.74. The summed E-state index contributed by atoms with van der Waals surface area (Å²) in [5, 5.41) is 19.8. The first-order valence-electron chi connectivity index (χ1n) is 10.8. The molecule has 0 saturated heterocycles. The molecule has 0 amide bonds. The van der Waals surface area contributed by atoms with Crippen LogP contribution in [0, 0.1) is 27.4 Å². The summed E-state index contributed by atoms with van der Waals surface area (Å²) in [7, 11) is 0. The average molecular weight is 419 g/mol. The molecular weight excluding hydrogens is 390 g/mol. The highest BCUT2D eigenvalue weighted by Crippen LogP contribution is 2.61. The summed E-state index contributed by atoms with van der Waals surface area (Å²) in [5.74, 6) is 1.42. The number of hydrogen-bond acceptors (Lipinski definition) is 7. The Morgan fingerprint density at radius 1 is 1.27 bits per heavy atom. The van der Waals surface area contributed by atoms with Crippen molar-refractivity contribution in [1.29, 1.82) is 0 Å². The van der Waals surface area contributed by atoms with Crippen molar-refractivity contribution in [2.45, 2.75) is 64.4 Å². The number of carbonyl (C=O) groups is 1. The number of ether oxygens (including phenoxy) is 2. The lowest BCUT2D eigenvalue weighted by Crippen LogP contribution is -2.43. The monoisotopic (exact) mass is 419 g/mol. The second-order valence-corrected chi connectivity index (χ2v) is 8.96. The number of aliphatic hydroxyl groups excluding tert-OH is 1. The van der Waals surface area contributed by atoms with Gasteiger partial charge in [0.05, 0.1) is 12.7 Å². The van der Waals surface area contributed by atoms with Crippen LogP contribution in [0.15, 0.2) is 12.1 Å². The van der Waals surface area contributed by atoms with E-state index in [1.165, 1.54) is 5.56 Å². The van der Waals surface area contributed by atoms with E-state index in [9.17, 15) is 20.0 Å². The first-order valence-corrected chi connectivity index (χ1v) is 10.8. The molecule has 30 heavy (non-hydrogen) atoms. The smallest absolute Gasteiger partial charge is 0.337 e. The Morgan fingerprint density at radius 2 is 2.07 bits per heavy atom. The molecule has 1 aromatic rings. The van der Waals surface area contributed by atoms with Gasteiger partial charge in [0.25, 0.3) is 5.09 Å². The number of aryl methyl sites for hydroxylation is 1. The molecule has 0 aromatic heterocycles. The lowest BCUT2D eigenvalue weighted by Gasteiger charge is -2.50. The summed E-state index contributed by atoms with van der Waals surface area (Å²) < 4.78 is 11.1. The normalized spacial score (nSPS) is 31.8. The summed E-state index contributed by atoms with van der Waals surface area (Å²) >= 11 is 0. The van der Waals surface area contributed by atoms with Gasteiger partial charge in [-0.25, -0.2) is 4.79 Å². The fourth-order valence-corrected chi connectivity index (χ4v) is 6.16. The van der Waals surface area contributed by atoms with Crippen LogP contribution in [0.25, 0.3) is 0 Å². The van der Waals surface area contributed by atoms with Gasteiger partial charge in [-0.05, 0) is 91.9 Å². The summed E-state index contributed by atoms with van der Waals surface area (Å²) in [6.45, 7) is 3.76. The molecular formula is C22H29NO7. The Hall–Kier alpha value is -2.35. The van der Waals surface area contributed by atoms with E-state index in [-0.39, 0.29) is 17.3 Å². The minimum Gasteiger partial charge on any atom is -0.490 e. The second-order valence-electron chi connectivity index (χ2n) is 8.96. The van der Waals surface area contributed by atoms with Crippen molar-refractivity contribution in [3.05, 3.63) is 33.4 Å². The first-order chi connectivity index (χ1) is 14.3. The van der Waals surface area contributed by atoms with Gasteiger partial charge in [0.1, 0.15) is 0 Å². The van der Waals surface area contributed by atoms with E-state index in [1.807, 2.05) is 19.1 Å². The Morgan fingerprint density at radius 3 is 2.80 bits per heavy atom. The highest BCUT2D eigenvalue weighted by Gasteiger charge is 2.54. The lowest BCUT2D eigenvalue weighted by atomic mass is 9.55. The molecule has 2 fully saturated rings. The van der Waals surface area contributed by atoms with Crippen molar-refractivity contribution in [2.24, 2.45) is 17.3 Å². The number of rotatable bonds is 6. The van der Waals surface area contributed by atoms with E-state index in [0.717, 1.165) is 44.1 Å². The maximum atomic E-state index is 11.9. The van der Waals surface area contributed by atoms with Gasteiger partial charge in [0.15, 0.2) is 18.1 Å². The molecule has 0 heterocycles. The van der Waals surface area contributed by atoms with Gasteiger partial charge < -0.3 is 19.4 Å². The molecule has 0 aliphatic heterocycles. The molecule has 0 radical (unpaired) electrons. The zero-order chi connectivity index (χ0) is 21.5. The molecule has 1 N–H and O–H groups in total. The van der Waals surface area contributed by atoms with Crippen molar-refractivity contribution in [2.75, 3.05) is 13.2 Å². The molecule has 0 spiro atoms. The van der Waals surface area contributed by atoms with Crippen molar-refractivity contribution < 1.29 is 29.3 Å².